The molecule has 0 aliphatic heterocycles. The Bertz CT molecular complexity index is 849. The third kappa shape index (κ3) is 2.67. The number of aryl methyl sites for hydroxylation is 2. The van der Waals surface area contributed by atoms with E-state index in [9.17, 15) is 0 Å². The molecule has 0 aliphatic rings. The third-order valence-corrected chi connectivity index (χ3v) is 7.69. The predicted molar refractivity (Wildman–Crippen MR) is 99.3 cm³/mol. The number of hydrogen-bond donors (Lipinski definition) is 0. The van der Waals surface area contributed by atoms with Crippen molar-refractivity contribution in [2.45, 2.75) is 13.8 Å². The van der Waals surface area contributed by atoms with E-state index in [1.165, 1.54) is 29.3 Å². The minimum Gasteiger partial charge on any atom is -0.243 e. The summed E-state index contributed by atoms with van der Waals surface area (Å²) in [6, 6.07) is 8.58. The normalized spacial score (nSPS) is 11.2. The summed E-state index contributed by atoms with van der Waals surface area (Å²) in [4.78, 5) is 16.7. The Labute approximate surface area is 144 Å². The smallest absolute Gasteiger partial charge is 0.133 e. The number of thiazole rings is 2. The topological polar surface area (TPSA) is 25.8 Å². The van der Waals surface area contributed by atoms with E-state index in [4.69, 9.17) is 0 Å². The van der Waals surface area contributed by atoms with Gasteiger partial charge in [-0.1, -0.05) is 0 Å². The predicted octanol–water partition coefficient (Wildman–Crippen LogP) is 6.34. The molecule has 0 aliphatic carbocycles. The molecule has 0 unspecified atom stereocenters. The van der Waals surface area contributed by atoms with Crippen LogP contribution in [0.4, 0.5) is 0 Å². The standard InChI is InChI=1S/C16H12N2S4/c1-9-3-5-11(19-9)15-17-7-13(21-15)14-8-18-16(22-14)12-6-4-10(2)20-12/h3-8H,1-2H3. The molecule has 2 nitrogen and oxygen atoms in total. The van der Waals surface area contributed by atoms with Gasteiger partial charge < -0.3 is 0 Å². The van der Waals surface area contributed by atoms with Gasteiger partial charge >= 0.3 is 0 Å². The Balaban J connectivity index is 1.65. The van der Waals surface area contributed by atoms with Gasteiger partial charge in [0.15, 0.2) is 0 Å². The van der Waals surface area contributed by atoms with Gasteiger partial charge in [-0.2, -0.15) is 0 Å². The van der Waals surface area contributed by atoms with Gasteiger partial charge in [0.1, 0.15) is 10.0 Å². The van der Waals surface area contributed by atoms with E-state index < -0.39 is 0 Å². The van der Waals surface area contributed by atoms with Crippen LogP contribution in [0.5, 0.6) is 0 Å². The number of rotatable bonds is 3. The van der Waals surface area contributed by atoms with E-state index >= 15 is 0 Å². The van der Waals surface area contributed by atoms with Gasteiger partial charge in [-0.25, -0.2) is 9.97 Å². The van der Waals surface area contributed by atoms with Crippen molar-refractivity contribution < 1.29 is 0 Å². The first-order chi connectivity index (χ1) is 10.7. The lowest BCUT2D eigenvalue weighted by molar-refractivity contribution is 1.41. The Kier molecular flexibility index (Phi) is 3.69. The third-order valence-electron chi connectivity index (χ3n) is 3.16. The summed E-state index contributed by atoms with van der Waals surface area (Å²) in [5.41, 5.74) is 0. The highest BCUT2D eigenvalue weighted by molar-refractivity contribution is 7.28. The maximum Gasteiger partial charge on any atom is 0.133 e. The molecule has 4 aromatic rings. The van der Waals surface area contributed by atoms with Crippen molar-refractivity contribution in [2.75, 3.05) is 0 Å². The summed E-state index contributed by atoms with van der Waals surface area (Å²) >= 11 is 7.06. The Morgan fingerprint density at radius 2 is 1.05 bits per heavy atom. The monoisotopic (exact) mass is 360 g/mol. The summed E-state index contributed by atoms with van der Waals surface area (Å²) in [5, 5.41) is 2.19. The molecule has 110 valence electrons. The molecule has 0 spiro atoms. The fourth-order valence-corrected chi connectivity index (χ4v) is 5.85. The molecule has 0 aromatic carbocycles. The molecule has 4 heterocycles. The minimum absolute atomic E-state index is 1.09. The Hall–Kier alpha value is -1.34. The van der Waals surface area contributed by atoms with Crippen LogP contribution in [0.1, 0.15) is 9.75 Å². The second kappa shape index (κ2) is 5.70. The molecule has 0 amide bonds. The Morgan fingerprint density at radius 3 is 1.41 bits per heavy atom. The van der Waals surface area contributed by atoms with E-state index in [2.05, 4.69) is 48.1 Å². The zero-order valence-corrected chi connectivity index (χ0v) is 15.3. The molecular formula is C16H12N2S4. The summed E-state index contributed by atoms with van der Waals surface area (Å²) in [7, 11) is 0. The van der Waals surface area contributed by atoms with E-state index in [0.29, 0.717) is 0 Å². The molecule has 0 radical (unpaired) electrons. The van der Waals surface area contributed by atoms with Crippen molar-refractivity contribution in [1.82, 2.24) is 9.97 Å². The van der Waals surface area contributed by atoms with Crippen LogP contribution in [-0.4, -0.2) is 9.97 Å². The highest BCUT2D eigenvalue weighted by atomic mass is 32.1. The van der Waals surface area contributed by atoms with Gasteiger partial charge in [0.25, 0.3) is 0 Å². The van der Waals surface area contributed by atoms with Gasteiger partial charge in [0.2, 0.25) is 0 Å². The first kappa shape index (κ1) is 14.3. The minimum atomic E-state index is 1.09. The number of aromatic nitrogens is 2. The van der Waals surface area contributed by atoms with Gasteiger partial charge in [0.05, 0.1) is 19.5 Å². The molecule has 4 rings (SSSR count). The maximum atomic E-state index is 4.57. The lowest BCUT2D eigenvalue weighted by Gasteiger charge is -1.88. The molecule has 0 saturated carbocycles. The molecule has 0 saturated heterocycles. The first-order valence-electron chi connectivity index (χ1n) is 6.75. The van der Waals surface area contributed by atoms with Crippen LogP contribution in [0.2, 0.25) is 0 Å². The zero-order valence-electron chi connectivity index (χ0n) is 12.0. The zero-order chi connectivity index (χ0) is 15.1. The number of thiophene rings is 2. The second-order valence-electron chi connectivity index (χ2n) is 4.88. The highest BCUT2D eigenvalue weighted by Crippen LogP contribution is 2.40. The van der Waals surface area contributed by atoms with Crippen molar-refractivity contribution in [3.05, 3.63) is 46.4 Å². The average Bonchev–Trinajstić information content (AvgIpc) is 3.24. The summed E-state index contributed by atoms with van der Waals surface area (Å²) in [6.07, 6.45) is 3.93. The van der Waals surface area contributed by atoms with Crippen LogP contribution in [0.3, 0.4) is 0 Å². The summed E-state index contributed by atoms with van der Waals surface area (Å²) in [5.74, 6) is 0. The van der Waals surface area contributed by atoms with Gasteiger partial charge in [0, 0.05) is 22.1 Å². The largest absolute Gasteiger partial charge is 0.243 e. The summed E-state index contributed by atoms with van der Waals surface area (Å²) < 4.78 is 0. The molecule has 6 heteroatoms. The van der Waals surface area contributed by atoms with Crippen molar-refractivity contribution in [3.8, 4) is 29.5 Å². The molecular weight excluding hydrogens is 348 g/mol. The van der Waals surface area contributed by atoms with E-state index in [1.54, 1.807) is 45.3 Å². The number of hydrogen-bond acceptors (Lipinski definition) is 6. The van der Waals surface area contributed by atoms with E-state index in [1.807, 2.05) is 12.4 Å². The van der Waals surface area contributed by atoms with Gasteiger partial charge in [-0.15, -0.1) is 45.3 Å². The average molecular weight is 361 g/mol. The fraction of sp³-hybridized carbons (Fsp3) is 0.125. The molecule has 0 fully saturated rings. The van der Waals surface area contributed by atoms with Crippen molar-refractivity contribution in [3.63, 3.8) is 0 Å². The second-order valence-corrected chi connectivity index (χ2v) is 9.52. The quantitative estimate of drug-likeness (QED) is 0.426. The van der Waals surface area contributed by atoms with Crippen LogP contribution in [0.25, 0.3) is 29.5 Å². The highest BCUT2D eigenvalue weighted by Gasteiger charge is 2.12. The molecule has 4 aromatic heterocycles. The Morgan fingerprint density at radius 1 is 0.591 bits per heavy atom. The molecule has 0 atom stereocenters. The fourth-order valence-electron chi connectivity index (χ4n) is 2.10. The molecule has 22 heavy (non-hydrogen) atoms. The van der Waals surface area contributed by atoms with E-state index in [0.717, 1.165) is 10.0 Å². The molecule has 0 N–H and O–H groups in total. The summed E-state index contributed by atoms with van der Waals surface area (Å²) in [6.45, 7) is 4.25. The maximum absolute atomic E-state index is 4.57. The van der Waals surface area contributed by atoms with Gasteiger partial charge in [-0.05, 0) is 38.1 Å². The van der Waals surface area contributed by atoms with Crippen LogP contribution in [0, 0.1) is 13.8 Å². The lowest BCUT2D eigenvalue weighted by atomic mass is 10.4. The lowest BCUT2D eigenvalue weighted by Crippen LogP contribution is -1.63. The van der Waals surface area contributed by atoms with Crippen LogP contribution in [-0.2, 0) is 0 Å². The van der Waals surface area contributed by atoms with E-state index in [-0.39, 0.29) is 0 Å². The van der Waals surface area contributed by atoms with Crippen molar-refractivity contribution in [1.29, 1.82) is 0 Å². The number of nitrogens with zero attached hydrogens (tertiary/aromatic N) is 2. The van der Waals surface area contributed by atoms with Crippen molar-refractivity contribution >= 4 is 45.3 Å². The SMILES string of the molecule is Cc1ccc(-c2ncc(-c3cnc(-c4ccc(C)s4)s3)s2)s1. The van der Waals surface area contributed by atoms with Crippen molar-refractivity contribution in [2.24, 2.45) is 0 Å². The molecule has 0 bridgehead atoms. The van der Waals surface area contributed by atoms with Crippen LogP contribution < -0.4 is 0 Å². The van der Waals surface area contributed by atoms with Crippen LogP contribution >= 0.6 is 45.3 Å². The van der Waals surface area contributed by atoms with Gasteiger partial charge in [-0.3, -0.25) is 0 Å². The first-order valence-corrected chi connectivity index (χ1v) is 10.0. The van der Waals surface area contributed by atoms with Crippen LogP contribution in [0.15, 0.2) is 36.7 Å².